The second kappa shape index (κ2) is 4.72. The van der Waals surface area contributed by atoms with Gasteiger partial charge < -0.3 is 0 Å². The van der Waals surface area contributed by atoms with Gasteiger partial charge in [0.1, 0.15) is 0 Å². The molecule has 0 saturated heterocycles. The summed E-state index contributed by atoms with van der Waals surface area (Å²) in [5.41, 5.74) is 0. The van der Waals surface area contributed by atoms with Crippen molar-refractivity contribution in [3.8, 4) is 0 Å². The van der Waals surface area contributed by atoms with Crippen LogP contribution < -0.4 is 0 Å². The van der Waals surface area contributed by atoms with Gasteiger partial charge in [-0.25, -0.2) is 0 Å². The first-order valence-electron chi connectivity index (χ1n) is 2.57. The Balaban J connectivity index is 2.82. The highest BCUT2D eigenvalue weighted by molar-refractivity contribution is 8.28. The van der Waals surface area contributed by atoms with E-state index in [0.29, 0.717) is 0 Å². The molecule has 0 aromatic rings. The van der Waals surface area contributed by atoms with Crippen LogP contribution in [0, 0.1) is 0 Å². The normalized spacial score (nSPS) is 14.0. The average molecular weight is 136 g/mol. The zero-order valence-corrected chi connectivity index (χ0v) is 6.57. The topological polar surface area (TPSA) is 0 Å². The number of hydrogen-bond donors (Lipinski definition) is 0. The Morgan fingerprint density at radius 1 is 1.57 bits per heavy atom. The Labute approximate surface area is 52.9 Å². The van der Waals surface area contributed by atoms with E-state index in [4.69, 9.17) is 11.2 Å². The molecule has 0 aliphatic carbocycles. The summed E-state index contributed by atoms with van der Waals surface area (Å²) in [7, 11) is 0.268. The summed E-state index contributed by atoms with van der Waals surface area (Å²) in [6.07, 6.45) is 4.71. The molecule has 0 aromatic heterocycles. The van der Waals surface area contributed by atoms with Crippen LogP contribution in [-0.2, 0) is 20.6 Å². The number of rotatable bonds is 3. The molecule has 2 heteroatoms. The van der Waals surface area contributed by atoms with E-state index in [-0.39, 0.29) is 9.45 Å². The predicted octanol–water partition coefficient (Wildman–Crippen LogP) is 1.50. The number of hydrogen-bond acceptors (Lipinski definition) is 1. The average Bonchev–Trinajstić information content (AvgIpc) is 1.61. The molecule has 0 saturated carbocycles. The quantitative estimate of drug-likeness (QED) is 0.566. The monoisotopic (exact) mass is 136 g/mol. The first-order chi connectivity index (χ1) is 3.27. The lowest BCUT2D eigenvalue weighted by Crippen LogP contribution is -1.89. The van der Waals surface area contributed by atoms with Crippen molar-refractivity contribution in [2.75, 3.05) is 12.0 Å². The molecule has 1 unspecified atom stereocenters. The summed E-state index contributed by atoms with van der Waals surface area (Å²) in [6.45, 7) is 2.20. The minimum atomic E-state index is 0.268. The van der Waals surface area contributed by atoms with Crippen molar-refractivity contribution in [3.05, 3.63) is 0 Å². The summed E-state index contributed by atoms with van der Waals surface area (Å²) >= 11 is 4.97. The molecule has 7 heavy (non-hydrogen) atoms. The molecule has 0 spiro atoms. The summed E-state index contributed by atoms with van der Waals surface area (Å²) in [5.74, 6) is 1.24. The molecule has 1 atom stereocenters. The lowest BCUT2D eigenvalue weighted by molar-refractivity contribution is 0.896. The van der Waals surface area contributed by atoms with E-state index in [9.17, 15) is 0 Å². The Bertz CT molecular complexity index is 59.1. The zero-order valence-electron chi connectivity index (χ0n) is 4.94. The summed E-state index contributed by atoms with van der Waals surface area (Å²) in [4.78, 5) is 0. The van der Waals surface area contributed by atoms with Crippen LogP contribution in [0.2, 0.25) is 0 Å². The first kappa shape index (κ1) is 7.57. The fourth-order valence-electron chi connectivity index (χ4n) is 0.348. The van der Waals surface area contributed by atoms with E-state index in [1.807, 2.05) is 0 Å². The molecule has 0 aliphatic rings. The second-order valence-electron chi connectivity index (χ2n) is 1.63. The minimum Gasteiger partial charge on any atom is -0.125 e. The SMILES string of the molecule is CCCCS(C)=S. The van der Waals surface area contributed by atoms with Gasteiger partial charge in [0.25, 0.3) is 0 Å². The van der Waals surface area contributed by atoms with Gasteiger partial charge in [-0.05, 0) is 18.4 Å². The van der Waals surface area contributed by atoms with Crippen molar-refractivity contribution in [2.24, 2.45) is 0 Å². The third kappa shape index (κ3) is 6.57. The van der Waals surface area contributed by atoms with Crippen molar-refractivity contribution >= 4 is 20.6 Å². The third-order valence-corrected chi connectivity index (χ3v) is 2.15. The van der Waals surface area contributed by atoms with Crippen molar-refractivity contribution in [1.29, 1.82) is 0 Å². The third-order valence-electron chi connectivity index (χ3n) is 0.785. The van der Waals surface area contributed by atoms with E-state index in [1.165, 1.54) is 18.6 Å². The molecule has 0 N–H and O–H groups in total. The first-order valence-corrected chi connectivity index (χ1v) is 5.30. The van der Waals surface area contributed by atoms with Crippen LogP contribution in [0.3, 0.4) is 0 Å². The maximum Gasteiger partial charge on any atom is -0.00237 e. The molecule has 0 rings (SSSR count). The standard InChI is InChI=1S/C5H12S2/c1-3-4-5-7(2)6/h3-5H2,1-2H3. The number of unbranched alkanes of at least 4 members (excludes halogenated alkanes) is 1. The van der Waals surface area contributed by atoms with Crippen LogP contribution in [0.15, 0.2) is 0 Å². The largest absolute Gasteiger partial charge is 0.125 e. The second-order valence-corrected chi connectivity index (χ2v) is 4.89. The molecule has 0 aromatic carbocycles. The van der Waals surface area contributed by atoms with Gasteiger partial charge in [0, 0.05) is 0 Å². The highest BCUT2D eigenvalue weighted by Gasteiger charge is 1.81. The minimum absolute atomic E-state index is 0.268. The Hall–Kier alpha value is 0.570. The molecule has 0 aliphatic heterocycles. The van der Waals surface area contributed by atoms with Crippen molar-refractivity contribution in [1.82, 2.24) is 0 Å². The van der Waals surface area contributed by atoms with E-state index in [0.717, 1.165) is 0 Å². The van der Waals surface area contributed by atoms with Gasteiger partial charge in [0.15, 0.2) is 0 Å². The molecular formula is C5H12S2. The van der Waals surface area contributed by atoms with Gasteiger partial charge in [-0.2, -0.15) is 0 Å². The van der Waals surface area contributed by atoms with Crippen LogP contribution >= 0.6 is 0 Å². The van der Waals surface area contributed by atoms with E-state index < -0.39 is 0 Å². The maximum absolute atomic E-state index is 4.97. The van der Waals surface area contributed by atoms with E-state index in [2.05, 4.69) is 13.2 Å². The van der Waals surface area contributed by atoms with Crippen molar-refractivity contribution < 1.29 is 0 Å². The van der Waals surface area contributed by atoms with Crippen molar-refractivity contribution in [2.45, 2.75) is 19.8 Å². The molecule has 0 nitrogen and oxygen atoms in total. The lowest BCUT2D eigenvalue weighted by atomic mass is 10.4. The van der Waals surface area contributed by atoms with Gasteiger partial charge in [-0.15, -0.1) is 9.45 Å². The molecule has 0 heterocycles. The van der Waals surface area contributed by atoms with Crippen LogP contribution in [0.4, 0.5) is 0 Å². The van der Waals surface area contributed by atoms with Crippen LogP contribution in [0.25, 0.3) is 0 Å². The molecule has 44 valence electrons. The predicted molar refractivity (Wildman–Crippen MR) is 40.4 cm³/mol. The zero-order chi connectivity index (χ0) is 5.70. The summed E-state index contributed by atoms with van der Waals surface area (Å²) < 4.78 is 0. The fourth-order valence-corrected chi connectivity index (χ4v) is 1.40. The molecule has 0 fully saturated rings. The van der Waals surface area contributed by atoms with Gasteiger partial charge in [-0.3, -0.25) is 0 Å². The van der Waals surface area contributed by atoms with Crippen molar-refractivity contribution in [3.63, 3.8) is 0 Å². The van der Waals surface area contributed by atoms with Crippen LogP contribution in [0.5, 0.6) is 0 Å². The summed E-state index contributed by atoms with van der Waals surface area (Å²) in [6, 6.07) is 0. The van der Waals surface area contributed by atoms with Crippen LogP contribution in [0.1, 0.15) is 19.8 Å². The fraction of sp³-hybridized carbons (Fsp3) is 1.00. The maximum atomic E-state index is 4.97. The van der Waals surface area contributed by atoms with E-state index >= 15 is 0 Å². The van der Waals surface area contributed by atoms with Gasteiger partial charge in [0.05, 0.1) is 0 Å². The van der Waals surface area contributed by atoms with Gasteiger partial charge in [-0.1, -0.05) is 24.5 Å². The molecule has 0 bridgehead atoms. The Kier molecular flexibility index (Phi) is 5.11. The Morgan fingerprint density at radius 3 is 2.29 bits per heavy atom. The molecule has 0 amide bonds. The van der Waals surface area contributed by atoms with Gasteiger partial charge in [0.2, 0.25) is 0 Å². The molecule has 0 radical (unpaired) electrons. The van der Waals surface area contributed by atoms with E-state index in [1.54, 1.807) is 0 Å². The van der Waals surface area contributed by atoms with Crippen LogP contribution in [-0.4, -0.2) is 12.0 Å². The smallest absolute Gasteiger partial charge is 0.00237 e. The highest BCUT2D eigenvalue weighted by atomic mass is 32.8. The molecular weight excluding hydrogens is 124 g/mol. The Morgan fingerprint density at radius 2 is 2.14 bits per heavy atom. The summed E-state index contributed by atoms with van der Waals surface area (Å²) in [5, 5.41) is 0. The highest BCUT2D eigenvalue weighted by Crippen LogP contribution is 1.87. The van der Waals surface area contributed by atoms with Gasteiger partial charge >= 0.3 is 0 Å². The lowest BCUT2D eigenvalue weighted by Gasteiger charge is -1.91.